The molecule has 0 saturated heterocycles. The molecule has 1 atom stereocenters. The third kappa shape index (κ3) is 2.37. The van der Waals surface area contributed by atoms with Crippen molar-refractivity contribution < 1.29 is 23.8 Å². The van der Waals surface area contributed by atoms with Gasteiger partial charge < -0.3 is 26.3 Å². The molecule has 1 amide bonds. The first-order valence-corrected chi connectivity index (χ1v) is 6.43. The van der Waals surface area contributed by atoms with E-state index in [2.05, 4.69) is 4.98 Å². The second-order valence-corrected chi connectivity index (χ2v) is 4.92. The van der Waals surface area contributed by atoms with Crippen molar-refractivity contribution in [1.29, 1.82) is 0 Å². The molecule has 1 aromatic carbocycles. The lowest BCUT2D eigenvalue weighted by atomic mass is 9.98. The Morgan fingerprint density at radius 2 is 2.14 bits per heavy atom. The van der Waals surface area contributed by atoms with Crippen molar-refractivity contribution in [2.75, 3.05) is 7.11 Å². The van der Waals surface area contributed by atoms with E-state index in [1.165, 1.54) is 20.2 Å². The number of carboxylic acid groups (broad SMARTS) is 1. The quantitative estimate of drug-likeness (QED) is 0.645. The number of aromatic amines is 1. The van der Waals surface area contributed by atoms with E-state index in [0.29, 0.717) is 5.56 Å². The number of ether oxygens (including phenoxy) is 1. The Kier molecular flexibility index (Phi) is 4.05. The number of benzene rings is 1. The number of hydrogen-bond donors (Lipinski definition) is 4. The second kappa shape index (κ2) is 5.64. The molecule has 1 heterocycles. The highest BCUT2D eigenvalue weighted by Crippen LogP contribution is 2.36. The van der Waals surface area contributed by atoms with E-state index in [4.69, 9.17) is 21.3 Å². The lowest BCUT2D eigenvalue weighted by Gasteiger charge is -2.13. The monoisotopic (exact) mass is 309 g/mol. The van der Waals surface area contributed by atoms with Crippen molar-refractivity contribution in [3.63, 3.8) is 0 Å². The maximum atomic E-state index is 14.6. The number of nitrogens with one attached hydrogen (secondary N) is 1. The van der Waals surface area contributed by atoms with E-state index >= 15 is 0 Å². The number of halogens is 1. The Bertz CT molecular complexity index is 769. The highest BCUT2D eigenvalue weighted by atomic mass is 19.1. The summed E-state index contributed by atoms with van der Waals surface area (Å²) in [4.78, 5) is 25.2. The SMILES string of the molecule is COc1c(C(N)=O)c(C)c(F)c2c(CC(N)C(=O)O)c[nH]c12. The van der Waals surface area contributed by atoms with Crippen LogP contribution in [0.25, 0.3) is 10.9 Å². The number of fused-ring (bicyclic) bond motifs is 1. The summed E-state index contributed by atoms with van der Waals surface area (Å²) in [5.41, 5.74) is 11.4. The summed E-state index contributed by atoms with van der Waals surface area (Å²) >= 11 is 0. The number of aromatic nitrogens is 1. The zero-order valence-electron chi connectivity index (χ0n) is 12.1. The van der Waals surface area contributed by atoms with Crippen LogP contribution in [0.15, 0.2) is 6.20 Å². The summed E-state index contributed by atoms with van der Waals surface area (Å²) in [5, 5.41) is 9.03. The molecule has 0 saturated carbocycles. The number of amides is 1. The Balaban J connectivity index is 2.74. The average molecular weight is 309 g/mol. The van der Waals surface area contributed by atoms with Crippen LogP contribution in [0.1, 0.15) is 21.5 Å². The summed E-state index contributed by atoms with van der Waals surface area (Å²) in [6, 6.07) is -1.17. The highest BCUT2D eigenvalue weighted by molar-refractivity contribution is 6.04. The maximum absolute atomic E-state index is 14.6. The minimum Gasteiger partial charge on any atom is -0.494 e. The molecule has 0 aliphatic carbocycles. The van der Waals surface area contributed by atoms with Crippen LogP contribution >= 0.6 is 0 Å². The van der Waals surface area contributed by atoms with E-state index in [9.17, 15) is 14.0 Å². The van der Waals surface area contributed by atoms with E-state index in [0.717, 1.165) is 0 Å². The van der Waals surface area contributed by atoms with Gasteiger partial charge in [0.15, 0.2) is 5.75 Å². The van der Waals surface area contributed by atoms with Crippen molar-refractivity contribution >= 4 is 22.8 Å². The number of rotatable bonds is 5. The van der Waals surface area contributed by atoms with E-state index in [1.807, 2.05) is 0 Å². The van der Waals surface area contributed by atoms with Crippen molar-refractivity contribution in [3.8, 4) is 5.75 Å². The molecule has 7 nitrogen and oxygen atoms in total. The molecule has 1 aromatic heterocycles. The predicted molar refractivity (Wildman–Crippen MR) is 77.4 cm³/mol. The van der Waals surface area contributed by atoms with Crippen LogP contribution in [0, 0.1) is 12.7 Å². The fraction of sp³-hybridized carbons (Fsp3) is 0.286. The second-order valence-electron chi connectivity index (χ2n) is 4.92. The average Bonchev–Trinajstić information content (AvgIpc) is 2.85. The van der Waals surface area contributed by atoms with Gasteiger partial charge in [0.2, 0.25) is 0 Å². The lowest BCUT2D eigenvalue weighted by Crippen LogP contribution is -2.32. The number of nitrogens with two attached hydrogens (primary N) is 2. The molecule has 22 heavy (non-hydrogen) atoms. The smallest absolute Gasteiger partial charge is 0.320 e. The third-order valence-electron chi connectivity index (χ3n) is 3.55. The van der Waals surface area contributed by atoms with Gasteiger partial charge in [-0.25, -0.2) is 4.39 Å². The summed E-state index contributed by atoms with van der Waals surface area (Å²) < 4.78 is 19.8. The largest absolute Gasteiger partial charge is 0.494 e. The zero-order chi connectivity index (χ0) is 16.6. The number of primary amides is 1. The van der Waals surface area contributed by atoms with E-state index < -0.39 is 23.7 Å². The van der Waals surface area contributed by atoms with Gasteiger partial charge in [0.05, 0.1) is 18.2 Å². The van der Waals surface area contributed by atoms with E-state index in [-0.39, 0.29) is 34.2 Å². The molecule has 6 N–H and O–H groups in total. The summed E-state index contributed by atoms with van der Waals surface area (Å²) in [6.45, 7) is 1.41. The summed E-state index contributed by atoms with van der Waals surface area (Å²) in [5.74, 6) is -2.53. The molecule has 0 aliphatic rings. The van der Waals surface area contributed by atoms with Crippen molar-refractivity contribution in [1.82, 2.24) is 4.98 Å². The normalized spacial score (nSPS) is 12.4. The lowest BCUT2D eigenvalue weighted by molar-refractivity contribution is -0.138. The van der Waals surface area contributed by atoms with Gasteiger partial charge in [-0.15, -0.1) is 0 Å². The molecule has 2 aromatic rings. The Labute approximate surface area is 125 Å². The van der Waals surface area contributed by atoms with Crippen molar-refractivity contribution in [2.45, 2.75) is 19.4 Å². The molecular formula is C14H16FN3O4. The maximum Gasteiger partial charge on any atom is 0.320 e. The minimum absolute atomic E-state index is 0.0431. The number of carbonyl (C=O) groups excluding carboxylic acids is 1. The molecule has 1 unspecified atom stereocenters. The number of carboxylic acids is 1. The van der Waals surface area contributed by atoms with Crippen LogP contribution in [0.2, 0.25) is 0 Å². The topological polar surface area (TPSA) is 131 Å². The number of H-pyrrole nitrogens is 1. The van der Waals surface area contributed by atoms with Crippen LogP contribution in [0.5, 0.6) is 5.75 Å². The van der Waals surface area contributed by atoms with Gasteiger partial charge in [-0.3, -0.25) is 9.59 Å². The number of methoxy groups -OCH3 is 1. The first kappa shape index (κ1) is 15.8. The molecule has 2 rings (SSSR count). The van der Waals surface area contributed by atoms with Crippen molar-refractivity contribution in [2.24, 2.45) is 11.5 Å². The van der Waals surface area contributed by atoms with Gasteiger partial charge >= 0.3 is 5.97 Å². The third-order valence-corrected chi connectivity index (χ3v) is 3.55. The molecule has 0 spiro atoms. The zero-order valence-corrected chi connectivity index (χ0v) is 12.1. The fourth-order valence-corrected chi connectivity index (χ4v) is 2.47. The molecule has 0 radical (unpaired) electrons. The molecule has 0 bridgehead atoms. The van der Waals surface area contributed by atoms with Crippen LogP contribution in [0.3, 0.4) is 0 Å². The van der Waals surface area contributed by atoms with Gasteiger partial charge in [-0.1, -0.05) is 0 Å². The predicted octanol–water partition coefficient (Wildman–Crippen LogP) is 0.677. The minimum atomic E-state index is -1.19. The Morgan fingerprint density at radius 1 is 1.50 bits per heavy atom. The fourth-order valence-electron chi connectivity index (χ4n) is 2.47. The van der Waals surface area contributed by atoms with Crippen LogP contribution in [0.4, 0.5) is 4.39 Å². The van der Waals surface area contributed by atoms with Gasteiger partial charge in [0.25, 0.3) is 5.91 Å². The van der Waals surface area contributed by atoms with Gasteiger partial charge in [-0.05, 0) is 12.5 Å². The van der Waals surface area contributed by atoms with Crippen LogP contribution in [-0.4, -0.2) is 35.1 Å². The number of aliphatic carboxylic acids is 1. The molecule has 8 heteroatoms. The molecule has 0 aliphatic heterocycles. The van der Waals surface area contributed by atoms with Crippen molar-refractivity contribution in [3.05, 3.63) is 28.7 Å². The first-order chi connectivity index (χ1) is 10.3. The number of hydrogen-bond acceptors (Lipinski definition) is 4. The molecule has 118 valence electrons. The Morgan fingerprint density at radius 3 is 2.64 bits per heavy atom. The summed E-state index contributed by atoms with van der Waals surface area (Å²) in [6.07, 6.45) is 1.38. The first-order valence-electron chi connectivity index (χ1n) is 6.43. The highest BCUT2D eigenvalue weighted by Gasteiger charge is 2.25. The molecule has 0 fully saturated rings. The summed E-state index contributed by atoms with van der Waals surface area (Å²) in [7, 11) is 1.34. The standard InChI is InChI=1S/C14H16FN3O4/c1-5-8(13(17)19)12(22-2)11-9(10(5)15)6(4-18-11)3-7(16)14(20)21/h4,7,18H,3,16H2,1-2H3,(H2,17,19)(H,20,21). The van der Waals surface area contributed by atoms with Crippen LogP contribution in [-0.2, 0) is 11.2 Å². The Hall–Kier alpha value is -2.61. The van der Waals surface area contributed by atoms with Gasteiger partial charge in [0, 0.05) is 23.6 Å². The van der Waals surface area contributed by atoms with Crippen LogP contribution < -0.4 is 16.2 Å². The number of carbonyl (C=O) groups is 2. The van der Waals surface area contributed by atoms with Gasteiger partial charge in [-0.2, -0.15) is 0 Å². The molecular weight excluding hydrogens is 293 g/mol. The van der Waals surface area contributed by atoms with E-state index in [1.54, 1.807) is 0 Å². The van der Waals surface area contributed by atoms with Gasteiger partial charge in [0.1, 0.15) is 11.9 Å².